The van der Waals surface area contributed by atoms with Crippen molar-refractivity contribution in [2.75, 3.05) is 0 Å². The zero-order valence-electron chi connectivity index (χ0n) is 10.5. The molecule has 2 N–H and O–H groups in total. The minimum atomic E-state index is -1.58. The van der Waals surface area contributed by atoms with Crippen LogP contribution < -0.4 is 10.2 Å². The average molecular weight is 260 g/mol. The molecule has 3 nitrogen and oxygen atoms in total. The Morgan fingerprint density at radius 2 is 1.79 bits per heavy atom. The number of ether oxygens (including phenoxy) is 1. The first-order valence-corrected chi connectivity index (χ1v) is 5.90. The lowest BCUT2D eigenvalue weighted by Gasteiger charge is -2.12. The van der Waals surface area contributed by atoms with Crippen molar-refractivity contribution in [3.8, 4) is 5.75 Å². The van der Waals surface area contributed by atoms with E-state index in [-0.39, 0.29) is 12.4 Å². The van der Waals surface area contributed by atoms with Crippen LogP contribution in [0.2, 0.25) is 0 Å². The highest BCUT2D eigenvalue weighted by Crippen LogP contribution is 2.13. The van der Waals surface area contributed by atoms with Crippen molar-refractivity contribution in [2.24, 2.45) is 0 Å². The third-order valence-corrected chi connectivity index (χ3v) is 2.75. The SMILES string of the molecule is Cc1ccc(OCc2ccc(F)cc2)c(B(O)O)c1. The first-order chi connectivity index (χ1) is 9.06. The van der Waals surface area contributed by atoms with Crippen molar-refractivity contribution < 1.29 is 19.2 Å². The molecule has 2 aromatic rings. The van der Waals surface area contributed by atoms with Crippen LogP contribution in [0.25, 0.3) is 0 Å². The molecule has 0 spiro atoms. The zero-order valence-corrected chi connectivity index (χ0v) is 10.5. The van der Waals surface area contributed by atoms with Gasteiger partial charge in [0.05, 0.1) is 0 Å². The molecular weight excluding hydrogens is 246 g/mol. The second-order valence-electron chi connectivity index (χ2n) is 4.33. The maximum absolute atomic E-state index is 12.8. The Morgan fingerprint density at radius 3 is 2.42 bits per heavy atom. The molecule has 0 saturated carbocycles. The van der Waals surface area contributed by atoms with Crippen LogP contribution >= 0.6 is 0 Å². The highest BCUT2D eigenvalue weighted by molar-refractivity contribution is 6.59. The van der Waals surface area contributed by atoms with E-state index in [2.05, 4.69) is 0 Å². The van der Waals surface area contributed by atoms with Gasteiger partial charge in [-0.3, -0.25) is 0 Å². The topological polar surface area (TPSA) is 49.7 Å². The summed E-state index contributed by atoms with van der Waals surface area (Å²) in [5.74, 6) is 0.107. The fourth-order valence-corrected chi connectivity index (χ4v) is 1.74. The Balaban J connectivity index is 2.13. The summed E-state index contributed by atoms with van der Waals surface area (Å²) in [6.07, 6.45) is 0. The summed E-state index contributed by atoms with van der Waals surface area (Å²) in [5.41, 5.74) is 2.04. The number of halogens is 1. The molecule has 0 bridgehead atoms. The summed E-state index contributed by atoms with van der Waals surface area (Å²) in [5, 5.41) is 18.6. The average Bonchev–Trinajstić information content (AvgIpc) is 2.39. The van der Waals surface area contributed by atoms with Crippen LogP contribution in [0.15, 0.2) is 42.5 Å². The number of hydrogen-bond donors (Lipinski definition) is 2. The Hall–Kier alpha value is -1.85. The normalized spacial score (nSPS) is 10.3. The molecule has 2 rings (SSSR count). The lowest BCUT2D eigenvalue weighted by molar-refractivity contribution is 0.306. The molecule has 0 unspecified atom stereocenters. The van der Waals surface area contributed by atoms with E-state index in [4.69, 9.17) is 4.74 Å². The van der Waals surface area contributed by atoms with E-state index in [9.17, 15) is 14.4 Å². The van der Waals surface area contributed by atoms with Gasteiger partial charge in [0.1, 0.15) is 18.2 Å². The summed E-state index contributed by atoms with van der Waals surface area (Å²) in [6, 6.07) is 11.1. The van der Waals surface area contributed by atoms with Gasteiger partial charge in [-0.1, -0.05) is 29.8 Å². The summed E-state index contributed by atoms with van der Waals surface area (Å²) in [4.78, 5) is 0. The second kappa shape index (κ2) is 5.86. The van der Waals surface area contributed by atoms with E-state index < -0.39 is 7.12 Å². The molecule has 98 valence electrons. The molecule has 5 heteroatoms. The fraction of sp³-hybridized carbons (Fsp3) is 0.143. The third kappa shape index (κ3) is 3.56. The van der Waals surface area contributed by atoms with Gasteiger partial charge in [0.15, 0.2) is 0 Å². The van der Waals surface area contributed by atoms with Gasteiger partial charge in [-0.2, -0.15) is 0 Å². The minimum Gasteiger partial charge on any atom is -0.489 e. The number of rotatable bonds is 4. The molecule has 0 aromatic heterocycles. The van der Waals surface area contributed by atoms with Gasteiger partial charge in [-0.05, 0) is 30.7 Å². The van der Waals surface area contributed by atoms with E-state index in [0.29, 0.717) is 11.2 Å². The maximum Gasteiger partial charge on any atom is 0.492 e. The van der Waals surface area contributed by atoms with E-state index >= 15 is 0 Å². The summed E-state index contributed by atoms with van der Waals surface area (Å²) in [7, 11) is -1.58. The lowest BCUT2D eigenvalue weighted by atomic mass is 9.79. The standard InChI is InChI=1S/C14H14BFO3/c1-10-2-7-14(13(8-10)15(17)18)19-9-11-3-5-12(16)6-4-11/h2-8,17-18H,9H2,1H3. The first kappa shape index (κ1) is 13.6. The van der Waals surface area contributed by atoms with Gasteiger partial charge in [0.25, 0.3) is 0 Å². The smallest absolute Gasteiger partial charge is 0.489 e. The highest BCUT2D eigenvalue weighted by atomic mass is 19.1. The Bertz CT molecular complexity index is 555. The highest BCUT2D eigenvalue weighted by Gasteiger charge is 2.17. The quantitative estimate of drug-likeness (QED) is 0.817. The third-order valence-electron chi connectivity index (χ3n) is 2.75. The van der Waals surface area contributed by atoms with E-state index in [1.807, 2.05) is 13.0 Å². The summed E-state index contributed by atoms with van der Waals surface area (Å²) >= 11 is 0. The van der Waals surface area contributed by atoms with Crippen molar-refractivity contribution in [2.45, 2.75) is 13.5 Å². The molecule has 0 aliphatic carbocycles. The van der Waals surface area contributed by atoms with Crippen LogP contribution in [-0.4, -0.2) is 17.2 Å². The van der Waals surface area contributed by atoms with Crippen LogP contribution in [0.1, 0.15) is 11.1 Å². The van der Waals surface area contributed by atoms with Crippen LogP contribution in [0.3, 0.4) is 0 Å². The number of hydrogen-bond acceptors (Lipinski definition) is 3. The molecule has 0 aliphatic rings. The summed E-state index contributed by atoms with van der Waals surface area (Å²) in [6.45, 7) is 2.10. The molecular formula is C14H14BFO3. The molecule has 19 heavy (non-hydrogen) atoms. The van der Waals surface area contributed by atoms with E-state index in [1.54, 1.807) is 24.3 Å². The number of aryl methyl sites for hydroxylation is 1. The van der Waals surface area contributed by atoms with Gasteiger partial charge in [-0.25, -0.2) is 4.39 Å². The predicted molar refractivity (Wildman–Crippen MR) is 71.7 cm³/mol. The van der Waals surface area contributed by atoms with Crippen molar-refractivity contribution in [1.29, 1.82) is 0 Å². The van der Waals surface area contributed by atoms with E-state index in [0.717, 1.165) is 11.1 Å². The number of benzene rings is 2. The molecule has 0 atom stereocenters. The van der Waals surface area contributed by atoms with Crippen LogP contribution in [0, 0.1) is 12.7 Å². The largest absolute Gasteiger partial charge is 0.492 e. The van der Waals surface area contributed by atoms with Gasteiger partial charge < -0.3 is 14.8 Å². The molecule has 0 amide bonds. The van der Waals surface area contributed by atoms with Gasteiger partial charge >= 0.3 is 7.12 Å². The molecule has 0 radical (unpaired) electrons. The second-order valence-corrected chi connectivity index (χ2v) is 4.33. The van der Waals surface area contributed by atoms with Crippen LogP contribution in [-0.2, 0) is 6.61 Å². The van der Waals surface area contributed by atoms with Crippen molar-refractivity contribution >= 4 is 12.6 Å². The van der Waals surface area contributed by atoms with Crippen molar-refractivity contribution in [1.82, 2.24) is 0 Å². The van der Waals surface area contributed by atoms with Crippen molar-refractivity contribution in [3.63, 3.8) is 0 Å². The zero-order chi connectivity index (χ0) is 13.8. The van der Waals surface area contributed by atoms with Gasteiger partial charge in [-0.15, -0.1) is 0 Å². The van der Waals surface area contributed by atoms with Gasteiger partial charge in [0.2, 0.25) is 0 Å². The monoisotopic (exact) mass is 260 g/mol. The molecule has 0 heterocycles. The van der Waals surface area contributed by atoms with E-state index in [1.165, 1.54) is 12.1 Å². The molecule has 0 saturated heterocycles. The summed E-state index contributed by atoms with van der Waals surface area (Å²) < 4.78 is 18.3. The first-order valence-electron chi connectivity index (χ1n) is 5.90. The fourth-order valence-electron chi connectivity index (χ4n) is 1.74. The predicted octanol–water partition coefficient (Wildman–Crippen LogP) is 1.39. The molecule has 0 aliphatic heterocycles. The van der Waals surface area contributed by atoms with Crippen LogP contribution in [0.5, 0.6) is 5.75 Å². The van der Waals surface area contributed by atoms with Gasteiger partial charge in [0, 0.05) is 5.46 Å². The maximum atomic E-state index is 12.8. The molecule has 0 fully saturated rings. The Morgan fingerprint density at radius 1 is 1.11 bits per heavy atom. The van der Waals surface area contributed by atoms with Crippen molar-refractivity contribution in [3.05, 3.63) is 59.4 Å². The molecule has 2 aromatic carbocycles. The Labute approximate surface area is 111 Å². The lowest BCUT2D eigenvalue weighted by Crippen LogP contribution is -2.31. The van der Waals surface area contributed by atoms with Crippen LogP contribution in [0.4, 0.5) is 4.39 Å². The Kier molecular flexibility index (Phi) is 4.19. The minimum absolute atomic E-state index is 0.239.